The van der Waals surface area contributed by atoms with E-state index < -0.39 is 0 Å². The number of amides is 1. The van der Waals surface area contributed by atoms with Gasteiger partial charge in [0.25, 0.3) is 5.91 Å². The molecule has 1 amide bonds. The van der Waals surface area contributed by atoms with Crippen LogP contribution in [0.25, 0.3) is 11.3 Å². The van der Waals surface area contributed by atoms with Crippen LogP contribution in [0.1, 0.15) is 21.6 Å². The Hall–Kier alpha value is -3.28. The molecule has 2 aromatic carbocycles. The minimum Gasteiger partial charge on any atom is -0.493 e. The SMILES string of the molecule is COc1cccc(C(=O)N2CCc3c(nn(C)c3-c3ccccc3)C2)c1OC. The Bertz CT molecular complexity index is 1010. The van der Waals surface area contributed by atoms with Crippen molar-refractivity contribution in [2.75, 3.05) is 20.8 Å². The summed E-state index contributed by atoms with van der Waals surface area (Å²) in [4.78, 5) is 15.0. The van der Waals surface area contributed by atoms with Crippen molar-refractivity contribution < 1.29 is 14.3 Å². The monoisotopic (exact) mass is 377 g/mol. The zero-order valence-electron chi connectivity index (χ0n) is 16.3. The van der Waals surface area contributed by atoms with Crippen molar-refractivity contribution in [1.82, 2.24) is 14.7 Å². The Labute approximate surface area is 164 Å². The van der Waals surface area contributed by atoms with Crippen LogP contribution in [0.4, 0.5) is 0 Å². The van der Waals surface area contributed by atoms with Crippen molar-refractivity contribution in [3.63, 3.8) is 0 Å². The van der Waals surface area contributed by atoms with Crippen molar-refractivity contribution in [3.05, 3.63) is 65.4 Å². The molecule has 0 N–H and O–H groups in total. The molecule has 0 spiro atoms. The van der Waals surface area contributed by atoms with Crippen LogP contribution in [-0.2, 0) is 20.0 Å². The largest absolute Gasteiger partial charge is 0.493 e. The number of carbonyl (C=O) groups excluding carboxylic acids is 1. The van der Waals surface area contributed by atoms with E-state index in [2.05, 4.69) is 12.1 Å². The summed E-state index contributed by atoms with van der Waals surface area (Å²) in [5.41, 5.74) is 4.94. The molecule has 0 atom stereocenters. The second kappa shape index (κ2) is 7.38. The number of aromatic nitrogens is 2. The summed E-state index contributed by atoms with van der Waals surface area (Å²) in [6.07, 6.45) is 0.769. The second-order valence-corrected chi connectivity index (χ2v) is 6.78. The third kappa shape index (κ3) is 3.01. The summed E-state index contributed by atoms with van der Waals surface area (Å²) < 4.78 is 12.7. The van der Waals surface area contributed by atoms with E-state index in [1.165, 1.54) is 5.56 Å². The van der Waals surface area contributed by atoms with Gasteiger partial charge >= 0.3 is 0 Å². The number of aryl methyl sites for hydroxylation is 1. The first-order valence-corrected chi connectivity index (χ1v) is 9.24. The van der Waals surface area contributed by atoms with Gasteiger partial charge in [-0.05, 0) is 18.6 Å². The smallest absolute Gasteiger partial charge is 0.258 e. The summed E-state index contributed by atoms with van der Waals surface area (Å²) in [5.74, 6) is 0.940. The summed E-state index contributed by atoms with van der Waals surface area (Å²) in [6, 6.07) is 15.6. The second-order valence-electron chi connectivity index (χ2n) is 6.78. The van der Waals surface area contributed by atoms with Crippen LogP contribution >= 0.6 is 0 Å². The van der Waals surface area contributed by atoms with Gasteiger partial charge in [0.1, 0.15) is 0 Å². The van der Waals surface area contributed by atoms with Gasteiger partial charge in [0, 0.05) is 24.7 Å². The fraction of sp³-hybridized carbons (Fsp3) is 0.273. The van der Waals surface area contributed by atoms with Gasteiger partial charge in [-0.3, -0.25) is 9.48 Å². The van der Waals surface area contributed by atoms with Crippen molar-refractivity contribution in [2.24, 2.45) is 7.05 Å². The maximum absolute atomic E-state index is 13.2. The fourth-order valence-electron chi connectivity index (χ4n) is 3.88. The first-order valence-electron chi connectivity index (χ1n) is 9.24. The molecule has 0 radical (unpaired) electrons. The molecule has 0 bridgehead atoms. The number of ether oxygens (including phenoxy) is 2. The molecule has 1 aromatic heterocycles. The van der Waals surface area contributed by atoms with E-state index in [4.69, 9.17) is 14.6 Å². The Kier molecular flexibility index (Phi) is 4.77. The van der Waals surface area contributed by atoms with Gasteiger partial charge in [-0.25, -0.2) is 0 Å². The summed E-state index contributed by atoms with van der Waals surface area (Å²) in [5, 5.41) is 4.70. The quantitative estimate of drug-likeness (QED) is 0.700. The zero-order chi connectivity index (χ0) is 19.7. The van der Waals surface area contributed by atoms with Crippen molar-refractivity contribution in [2.45, 2.75) is 13.0 Å². The van der Waals surface area contributed by atoms with Crippen LogP contribution in [0.5, 0.6) is 11.5 Å². The number of para-hydroxylation sites is 1. The average Bonchev–Trinajstić information content (AvgIpc) is 3.07. The molecule has 1 aliphatic rings. The van der Waals surface area contributed by atoms with Gasteiger partial charge in [0.05, 0.1) is 37.7 Å². The first-order chi connectivity index (χ1) is 13.6. The van der Waals surface area contributed by atoms with E-state index in [9.17, 15) is 4.79 Å². The number of hydrogen-bond donors (Lipinski definition) is 0. The van der Waals surface area contributed by atoms with Crippen LogP contribution in [-0.4, -0.2) is 41.4 Å². The molecule has 0 fully saturated rings. The molecule has 2 heterocycles. The number of carbonyl (C=O) groups is 1. The third-order valence-electron chi connectivity index (χ3n) is 5.17. The Balaban J connectivity index is 1.65. The van der Waals surface area contributed by atoms with Gasteiger partial charge in [-0.2, -0.15) is 5.10 Å². The normalized spacial score (nSPS) is 13.2. The molecule has 6 heteroatoms. The molecule has 1 aliphatic heterocycles. The third-order valence-corrected chi connectivity index (χ3v) is 5.17. The first kappa shape index (κ1) is 18.1. The number of nitrogens with zero attached hydrogens (tertiary/aromatic N) is 3. The van der Waals surface area contributed by atoms with E-state index in [0.717, 1.165) is 23.4 Å². The summed E-state index contributed by atoms with van der Waals surface area (Å²) >= 11 is 0. The minimum absolute atomic E-state index is 0.0756. The summed E-state index contributed by atoms with van der Waals surface area (Å²) in [7, 11) is 5.07. The highest BCUT2D eigenvalue weighted by molar-refractivity contribution is 5.98. The van der Waals surface area contributed by atoms with Crippen molar-refractivity contribution in [3.8, 4) is 22.8 Å². The van der Waals surface area contributed by atoms with Gasteiger partial charge in [-0.15, -0.1) is 0 Å². The molecule has 0 saturated heterocycles. The maximum atomic E-state index is 13.2. The molecular weight excluding hydrogens is 354 g/mol. The number of fused-ring (bicyclic) bond motifs is 1. The standard InChI is InChI=1S/C22H23N3O3/c1-24-20(15-8-5-4-6-9-15)16-12-13-25(14-18(16)23-24)22(26)17-10-7-11-19(27-2)21(17)28-3/h4-11H,12-14H2,1-3H3. The molecule has 144 valence electrons. The van der Waals surface area contributed by atoms with Gasteiger partial charge in [0.15, 0.2) is 11.5 Å². The highest BCUT2D eigenvalue weighted by Gasteiger charge is 2.29. The Morgan fingerprint density at radius 3 is 2.54 bits per heavy atom. The molecule has 4 rings (SSSR count). The molecule has 0 aliphatic carbocycles. The number of methoxy groups -OCH3 is 2. The summed E-state index contributed by atoms with van der Waals surface area (Å²) in [6.45, 7) is 1.12. The van der Waals surface area contributed by atoms with E-state index in [1.54, 1.807) is 32.4 Å². The van der Waals surface area contributed by atoms with Crippen LogP contribution in [0.3, 0.4) is 0 Å². The highest BCUT2D eigenvalue weighted by Crippen LogP contribution is 2.34. The predicted molar refractivity (Wildman–Crippen MR) is 107 cm³/mol. The van der Waals surface area contributed by atoms with E-state index in [-0.39, 0.29) is 5.91 Å². The molecular formula is C22H23N3O3. The van der Waals surface area contributed by atoms with Gasteiger partial charge in [0.2, 0.25) is 0 Å². The van der Waals surface area contributed by atoms with E-state index >= 15 is 0 Å². The van der Waals surface area contributed by atoms with E-state index in [0.29, 0.717) is 30.2 Å². The van der Waals surface area contributed by atoms with Crippen LogP contribution in [0, 0.1) is 0 Å². The topological polar surface area (TPSA) is 56.6 Å². The highest BCUT2D eigenvalue weighted by atomic mass is 16.5. The van der Waals surface area contributed by atoms with Crippen LogP contribution < -0.4 is 9.47 Å². The van der Waals surface area contributed by atoms with Crippen molar-refractivity contribution in [1.29, 1.82) is 0 Å². The number of benzene rings is 2. The molecule has 3 aromatic rings. The molecule has 0 unspecified atom stereocenters. The zero-order valence-corrected chi connectivity index (χ0v) is 16.3. The van der Waals surface area contributed by atoms with E-state index in [1.807, 2.05) is 34.8 Å². The van der Waals surface area contributed by atoms with Crippen molar-refractivity contribution >= 4 is 5.91 Å². The molecule has 0 saturated carbocycles. The maximum Gasteiger partial charge on any atom is 0.258 e. The minimum atomic E-state index is -0.0756. The number of rotatable bonds is 4. The Morgan fingerprint density at radius 2 is 1.82 bits per heavy atom. The average molecular weight is 377 g/mol. The van der Waals surface area contributed by atoms with Crippen LogP contribution in [0.2, 0.25) is 0 Å². The lowest BCUT2D eigenvalue weighted by Gasteiger charge is -2.27. The lowest BCUT2D eigenvalue weighted by Crippen LogP contribution is -2.36. The van der Waals surface area contributed by atoms with Gasteiger partial charge in [-0.1, -0.05) is 36.4 Å². The van der Waals surface area contributed by atoms with Crippen LogP contribution in [0.15, 0.2) is 48.5 Å². The van der Waals surface area contributed by atoms with Gasteiger partial charge < -0.3 is 14.4 Å². The molecule has 28 heavy (non-hydrogen) atoms. The predicted octanol–water partition coefficient (Wildman–Crippen LogP) is 3.30. The number of hydrogen-bond acceptors (Lipinski definition) is 4. The lowest BCUT2D eigenvalue weighted by atomic mass is 9.99. The fourth-order valence-corrected chi connectivity index (χ4v) is 3.88. The Morgan fingerprint density at radius 1 is 1.04 bits per heavy atom. The lowest BCUT2D eigenvalue weighted by molar-refractivity contribution is 0.0728. The molecule has 6 nitrogen and oxygen atoms in total.